The molecule has 2 atom stereocenters. The number of benzene rings is 2. The lowest BCUT2D eigenvalue weighted by molar-refractivity contribution is -0.145. The number of carbonyl (C=O) groups is 1. The van der Waals surface area contributed by atoms with Crippen LogP contribution in [-0.2, 0) is 9.53 Å². The average Bonchev–Trinajstić information content (AvgIpc) is 2.61. The molecule has 0 aromatic heterocycles. The van der Waals surface area contributed by atoms with Crippen LogP contribution in [0.2, 0.25) is 5.02 Å². The van der Waals surface area contributed by atoms with Crippen LogP contribution < -0.4 is 0 Å². The number of esters is 1. The van der Waals surface area contributed by atoms with E-state index in [4.69, 9.17) is 16.3 Å². The van der Waals surface area contributed by atoms with E-state index in [1.807, 2.05) is 64.1 Å². The molecule has 0 amide bonds. The summed E-state index contributed by atoms with van der Waals surface area (Å²) in [6.07, 6.45) is -0.000499. The molecule has 0 aliphatic carbocycles. The zero-order chi connectivity index (χ0) is 20.4. The Morgan fingerprint density at radius 2 is 1.89 bits per heavy atom. The molecule has 0 spiro atoms. The molecular weight excluding hydrogens is 392 g/mol. The zero-order valence-corrected chi connectivity index (χ0v) is 18.2. The van der Waals surface area contributed by atoms with Crippen LogP contribution in [0.4, 0.5) is 0 Å². The van der Waals surface area contributed by atoms with E-state index in [1.165, 1.54) is 0 Å². The van der Waals surface area contributed by atoms with E-state index in [0.29, 0.717) is 17.0 Å². The number of ether oxygens (including phenoxy) is 1. The van der Waals surface area contributed by atoms with Crippen LogP contribution in [0.3, 0.4) is 0 Å². The van der Waals surface area contributed by atoms with Gasteiger partial charge in [-0.25, -0.2) is 4.79 Å². The number of halogens is 1. The van der Waals surface area contributed by atoms with Gasteiger partial charge in [0.05, 0.1) is 0 Å². The largest absolute Gasteiger partial charge is 0.511 e. The normalized spacial score (nSPS) is 18.2. The topological polar surface area (TPSA) is 46.5 Å². The van der Waals surface area contributed by atoms with Crippen LogP contribution in [0.1, 0.15) is 35.6 Å². The number of rotatable bonds is 5. The number of hydrogen-bond donors (Lipinski definition) is 1. The molecule has 3 rings (SSSR count). The maximum Gasteiger partial charge on any atom is 0.342 e. The molecule has 5 heteroatoms. The van der Waals surface area contributed by atoms with E-state index < -0.39 is 5.97 Å². The summed E-state index contributed by atoms with van der Waals surface area (Å²) in [6, 6.07) is 11.7. The Morgan fingerprint density at radius 3 is 2.50 bits per heavy atom. The smallest absolute Gasteiger partial charge is 0.342 e. The highest BCUT2D eigenvalue weighted by molar-refractivity contribution is 7.99. The van der Waals surface area contributed by atoms with Crippen LogP contribution in [0.15, 0.2) is 47.1 Å². The van der Waals surface area contributed by atoms with E-state index in [2.05, 4.69) is 0 Å². The molecule has 2 aromatic rings. The van der Waals surface area contributed by atoms with Crippen molar-refractivity contribution in [2.45, 2.75) is 45.1 Å². The van der Waals surface area contributed by atoms with E-state index in [0.717, 1.165) is 32.9 Å². The molecule has 1 N–H and O–H groups in total. The summed E-state index contributed by atoms with van der Waals surface area (Å²) in [5.41, 5.74) is 4.17. The minimum absolute atomic E-state index is 0.0943. The fourth-order valence-electron chi connectivity index (χ4n) is 3.68. The van der Waals surface area contributed by atoms with Crippen molar-refractivity contribution in [1.29, 1.82) is 0 Å². The van der Waals surface area contributed by atoms with Gasteiger partial charge in [0.2, 0.25) is 0 Å². The third kappa shape index (κ3) is 4.56. The van der Waals surface area contributed by atoms with Crippen molar-refractivity contribution in [2.75, 3.05) is 5.75 Å². The average molecular weight is 417 g/mol. The molecule has 0 fully saturated rings. The Balaban J connectivity index is 1.76. The molecule has 0 saturated heterocycles. The first kappa shape index (κ1) is 20.8. The van der Waals surface area contributed by atoms with E-state index in [9.17, 15) is 9.90 Å². The summed E-state index contributed by atoms with van der Waals surface area (Å²) in [5.74, 6) is 0.542. The van der Waals surface area contributed by atoms with E-state index >= 15 is 0 Å². The van der Waals surface area contributed by atoms with Gasteiger partial charge in [-0.2, -0.15) is 0 Å². The number of aliphatic hydroxyl groups is 1. The highest BCUT2D eigenvalue weighted by Crippen LogP contribution is 2.35. The third-order valence-corrected chi connectivity index (χ3v) is 6.53. The molecule has 2 unspecified atom stereocenters. The molecular formula is C23H25ClO3S. The maximum absolute atomic E-state index is 12.8. The van der Waals surface area contributed by atoms with Gasteiger partial charge in [-0.1, -0.05) is 42.3 Å². The minimum atomic E-state index is -0.441. The fourth-order valence-corrected chi connectivity index (χ4v) is 4.99. The summed E-state index contributed by atoms with van der Waals surface area (Å²) in [5, 5.41) is 11.4. The van der Waals surface area contributed by atoms with Gasteiger partial charge in [-0.3, -0.25) is 0 Å². The Morgan fingerprint density at radius 1 is 1.21 bits per heavy atom. The van der Waals surface area contributed by atoms with Gasteiger partial charge in [-0.05, 0) is 55.7 Å². The number of thioether (sulfide) groups is 1. The SMILES string of the molecule is Cc1cc(C)c(C2=C(O)CC(C(C)CSc3cccc(Cl)c3)OC2=O)c(C)c1. The predicted octanol–water partition coefficient (Wildman–Crippen LogP) is 6.28. The second-order valence-corrected chi connectivity index (χ2v) is 9.02. The number of aliphatic hydroxyl groups excluding tert-OH is 1. The van der Waals surface area contributed by atoms with Crippen molar-refractivity contribution in [3.05, 3.63) is 69.4 Å². The molecule has 1 heterocycles. The second kappa shape index (κ2) is 8.62. The Bertz CT molecular complexity index is 912. The lowest BCUT2D eigenvalue weighted by atomic mass is 9.89. The summed E-state index contributed by atoms with van der Waals surface area (Å²) in [6.45, 7) is 7.97. The van der Waals surface area contributed by atoms with Gasteiger partial charge in [0, 0.05) is 28.0 Å². The zero-order valence-electron chi connectivity index (χ0n) is 16.6. The number of cyclic esters (lactones) is 1. The lowest BCUT2D eigenvalue weighted by Gasteiger charge is -2.29. The second-order valence-electron chi connectivity index (χ2n) is 7.49. The highest BCUT2D eigenvalue weighted by Gasteiger charge is 2.34. The molecule has 0 saturated carbocycles. The van der Waals surface area contributed by atoms with Crippen molar-refractivity contribution in [3.63, 3.8) is 0 Å². The van der Waals surface area contributed by atoms with Gasteiger partial charge in [0.25, 0.3) is 0 Å². The summed E-state index contributed by atoms with van der Waals surface area (Å²) < 4.78 is 5.74. The number of hydrogen-bond acceptors (Lipinski definition) is 4. The summed E-state index contributed by atoms with van der Waals surface area (Å²) in [4.78, 5) is 13.8. The standard InChI is InChI=1S/C23H25ClO3S/c1-13-8-14(2)21(15(3)9-13)22-19(25)11-20(27-23(22)26)16(4)12-28-18-7-5-6-17(24)10-18/h5-10,16,20,25H,11-12H2,1-4H3. The van der Waals surface area contributed by atoms with Crippen molar-refractivity contribution in [2.24, 2.45) is 5.92 Å². The first-order valence-electron chi connectivity index (χ1n) is 9.36. The molecule has 2 aromatic carbocycles. The molecule has 1 aliphatic rings. The molecule has 0 radical (unpaired) electrons. The van der Waals surface area contributed by atoms with Crippen LogP contribution in [0.25, 0.3) is 5.57 Å². The molecule has 28 heavy (non-hydrogen) atoms. The van der Waals surface area contributed by atoms with Crippen molar-refractivity contribution >= 4 is 34.9 Å². The van der Waals surface area contributed by atoms with Crippen LogP contribution in [-0.4, -0.2) is 22.9 Å². The fraction of sp³-hybridized carbons (Fsp3) is 0.348. The lowest BCUT2D eigenvalue weighted by Crippen LogP contribution is -2.32. The predicted molar refractivity (Wildman–Crippen MR) is 116 cm³/mol. The van der Waals surface area contributed by atoms with Gasteiger partial charge in [-0.15, -0.1) is 11.8 Å². The van der Waals surface area contributed by atoms with Crippen LogP contribution in [0, 0.1) is 26.7 Å². The Labute approximate surface area is 175 Å². The Kier molecular flexibility index (Phi) is 6.41. The monoisotopic (exact) mass is 416 g/mol. The first-order valence-corrected chi connectivity index (χ1v) is 10.7. The van der Waals surface area contributed by atoms with Gasteiger partial charge in [0.1, 0.15) is 17.4 Å². The third-order valence-electron chi connectivity index (χ3n) is 5.02. The molecule has 1 aliphatic heterocycles. The number of aryl methyl sites for hydroxylation is 3. The minimum Gasteiger partial charge on any atom is -0.511 e. The highest BCUT2D eigenvalue weighted by atomic mass is 35.5. The molecule has 3 nitrogen and oxygen atoms in total. The van der Waals surface area contributed by atoms with Gasteiger partial charge < -0.3 is 9.84 Å². The van der Waals surface area contributed by atoms with Gasteiger partial charge in [0.15, 0.2) is 0 Å². The van der Waals surface area contributed by atoms with Gasteiger partial charge >= 0.3 is 5.97 Å². The van der Waals surface area contributed by atoms with E-state index in [1.54, 1.807) is 11.8 Å². The molecule has 148 valence electrons. The van der Waals surface area contributed by atoms with Crippen LogP contribution >= 0.6 is 23.4 Å². The Hall–Kier alpha value is -1.91. The molecule has 0 bridgehead atoms. The van der Waals surface area contributed by atoms with Crippen molar-refractivity contribution < 1.29 is 14.6 Å². The van der Waals surface area contributed by atoms with Crippen molar-refractivity contribution in [1.82, 2.24) is 0 Å². The number of carbonyl (C=O) groups excluding carboxylic acids is 1. The quantitative estimate of drug-likeness (QED) is 0.460. The summed E-state index contributed by atoms with van der Waals surface area (Å²) >= 11 is 7.70. The first-order chi connectivity index (χ1) is 13.3. The maximum atomic E-state index is 12.8. The van der Waals surface area contributed by atoms with E-state index in [-0.39, 0.29) is 17.8 Å². The van der Waals surface area contributed by atoms with Crippen LogP contribution in [0.5, 0.6) is 0 Å². The van der Waals surface area contributed by atoms with Crippen molar-refractivity contribution in [3.8, 4) is 0 Å². The summed E-state index contributed by atoms with van der Waals surface area (Å²) in [7, 11) is 0.